The standard InChI is InChI=1S/C18H28N6O/c1-12-8-16(21-24(12)5)13(2)19-9-14-6-7-17(25)23(4)18(14)15-10-20-22(3)11-15/h8,10-11,13-14,18-19H,6-7,9H2,1-5H3/t13?,14-,18+/m1/s1. The normalized spacial score (nSPS) is 22.4. The smallest absolute Gasteiger partial charge is 0.222 e. The molecule has 0 aromatic carbocycles. The molecule has 1 unspecified atom stereocenters. The van der Waals surface area contributed by atoms with Crippen LogP contribution in [0.1, 0.15) is 48.8 Å². The van der Waals surface area contributed by atoms with E-state index >= 15 is 0 Å². The summed E-state index contributed by atoms with van der Waals surface area (Å²) >= 11 is 0. The van der Waals surface area contributed by atoms with Crippen LogP contribution in [0.2, 0.25) is 0 Å². The first-order chi connectivity index (χ1) is 11.9. The van der Waals surface area contributed by atoms with Crippen molar-refractivity contribution in [1.82, 2.24) is 29.8 Å². The highest BCUT2D eigenvalue weighted by atomic mass is 16.2. The summed E-state index contributed by atoms with van der Waals surface area (Å²) < 4.78 is 3.70. The highest BCUT2D eigenvalue weighted by Gasteiger charge is 2.35. The number of aryl methyl sites for hydroxylation is 3. The van der Waals surface area contributed by atoms with E-state index in [9.17, 15) is 4.79 Å². The van der Waals surface area contributed by atoms with Gasteiger partial charge in [-0.1, -0.05) is 0 Å². The number of likely N-dealkylation sites (tertiary alicyclic amines) is 1. The van der Waals surface area contributed by atoms with Gasteiger partial charge in [0.15, 0.2) is 0 Å². The third-order valence-corrected chi connectivity index (χ3v) is 5.32. The molecule has 3 atom stereocenters. The Hall–Kier alpha value is -2.15. The van der Waals surface area contributed by atoms with E-state index in [-0.39, 0.29) is 18.0 Å². The molecule has 0 aliphatic carbocycles. The van der Waals surface area contributed by atoms with Crippen LogP contribution in [-0.4, -0.2) is 44.0 Å². The topological polar surface area (TPSA) is 68.0 Å². The first-order valence-corrected chi connectivity index (χ1v) is 8.85. The molecule has 0 bridgehead atoms. The molecule has 3 heterocycles. The highest BCUT2D eigenvalue weighted by Crippen LogP contribution is 2.35. The summed E-state index contributed by atoms with van der Waals surface area (Å²) in [6.45, 7) is 5.04. The Labute approximate surface area is 149 Å². The maximum atomic E-state index is 12.2. The third kappa shape index (κ3) is 3.61. The van der Waals surface area contributed by atoms with Gasteiger partial charge in [0.1, 0.15) is 0 Å². The van der Waals surface area contributed by atoms with E-state index in [1.54, 1.807) is 4.68 Å². The molecule has 3 rings (SSSR count). The van der Waals surface area contributed by atoms with Gasteiger partial charge in [-0.2, -0.15) is 10.2 Å². The summed E-state index contributed by atoms with van der Waals surface area (Å²) in [6, 6.07) is 2.37. The molecule has 1 N–H and O–H groups in total. The van der Waals surface area contributed by atoms with Crippen LogP contribution in [0.25, 0.3) is 0 Å². The van der Waals surface area contributed by atoms with Crippen LogP contribution < -0.4 is 5.32 Å². The van der Waals surface area contributed by atoms with E-state index in [4.69, 9.17) is 0 Å². The first kappa shape index (κ1) is 17.7. The predicted molar refractivity (Wildman–Crippen MR) is 95.8 cm³/mol. The number of carbonyl (C=O) groups excluding carboxylic acids is 1. The largest absolute Gasteiger partial charge is 0.338 e. The van der Waals surface area contributed by atoms with Crippen LogP contribution >= 0.6 is 0 Å². The fourth-order valence-corrected chi connectivity index (χ4v) is 3.65. The number of rotatable bonds is 5. The Morgan fingerprint density at radius 2 is 2.12 bits per heavy atom. The minimum absolute atomic E-state index is 0.0696. The van der Waals surface area contributed by atoms with Crippen molar-refractivity contribution >= 4 is 5.91 Å². The molecule has 7 heteroatoms. The predicted octanol–water partition coefficient (Wildman–Crippen LogP) is 1.72. The Morgan fingerprint density at radius 1 is 1.36 bits per heavy atom. The van der Waals surface area contributed by atoms with Crippen molar-refractivity contribution in [2.75, 3.05) is 13.6 Å². The molecular weight excluding hydrogens is 316 g/mol. The second-order valence-corrected chi connectivity index (χ2v) is 7.16. The van der Waals surface area contributed by atoms with Crippen molar-refractivity contribution < 1.29 is 4.79 Å². The summed E-state index contributed by atoms with van der Waals surface area (Å²) in [5, 5.41) is 12.5. The maximum Gasteiger partial charge on any atom is 0.222 e. The number of amides is 1. The molecule has 2 aromatic rings. The molecule has 0 radical (unpaired) electrons. The molecule has 2 aromatic heterocycles. The minimum atomic E-state index is 0.0696. The van der Waals surface area contributed by atoms with E-state index in [1.165, 1.54) is 0 Å². The summed E-state index contributed by atoms with van der Waals surface area (Å²) in [7, 11) is 5.77. The van der Waals surface area contributed by atoms with Gasteiger partial charge >= 0.3 is 0 Å². The van der Waals surface area contributed by atoms with E-state index in [0.29, 0.717) is 12.3 Å². The van der Waals surface area contributed by atoms with Gasteiger partial charge in [-0.15, -0.1) is 0 Å². The maximum absolute atomic E-state index is 12.2. The molecule has 0 saturated carbocycles. The van der Waals surface area contributed by atoms with Gasteiger partial charge in [-0.3, -0.25) is 14.2 Å². The van der Waals surface area contributed by atoms with Crippen molar-refractivity contribution in [3.05, 3.63) is 35.4 Å². The molecule has 1 saturated heterocycles. The molecule has 7 nitrogen and oxygen atoms in total. The van der Waals surface area contributed by atoms with Gasteiger partial charge in [0.2, 0.25) is 5.91 Å². The second-order valence-electron chi connectivity index (χ2n) is 7.16. The number of nitrogens with one attached hydrogen (secondary N) is 1. The number of piperidine rings is 1. The van der Waals surface area contributed by atoms with E-state index in [1.807, 2.05) is 43.1 Å². The Kier molecular flexibility index (Phi) is 4.94. The zero-order valence-electron chi connectivity index (χ0n) is 15.7. The quantitative estimate of drug-likeness (QED) is 0.897. The van der Waals surface area contributed by atoms with Crippen molar-refractivity contribution in [3.8, 4) is 0 Å². The lowest BCUT2D eigenvalue weighted by molar-refractivity contribution is -0.137. The number of aromatic nitrogens is 4. The van der Waals surface area contributed by atoms with Gasteiger partial charge in [0.05, 0.1) is 17.9 Å². The fourth-order valence-electron chi connectivity index (χ4n) is 3.65. The van der Waals surface area contributed by atoms with E-state index in [2.05, 4.69) is 35.4 Å². The second kappa shape index (κ2) is 7.00. The van der Waals surface area contributed by atoms with Gasteiger partial charge in [-0.25, -0.2) is 0 Å². The zero-order chi connectivity index (χ0) is 18.1. The number of hydrogen-bond acceptors (Lipinski definition) is 4. The molecule has 0 spiro atoms. The Balaban J connectivity index is 1.71. The average Bonchev–Trinajstić information content (AvgIpc) is 3.14. The number of hydrogen-bond donors (Lipinski definition) is 1. The van der Waals surface area contributed by atoms with Crippen LogP contribution in [-0.2, 0) is 18.9 Å². The van der Waals surface area contributed by atoms with Crippen LogP contribution in [0.3, 0.4) is 0 Å². The fraction of sp³-hybridized carbons (Fsp3) is 0.611. The number of carbonyl (C=O) groups is 1. The molecule has 1 aliphatic heterocycles. The molecule has 25 heavy (non-hydrogen) atoms. The van der Waals surface area contributed by atoms with Gasteiger partial charge in [-0.05, 0) is 32.3 Å². The van der Waals surface area contributed by atoms with Gasteiger partial charge < -0.3 is 10.2 Å². The van der Waals surface area contributed by atoms with Crippen LogP contribution in [0, 0.1) is 12.8 Å². The van der Waals surface area contributed by atoms with Crippen molar-refractivity contribution in [2.45, 2.75) is 38.8 Å². The van der Waals surface area contributed by atoms with Gasteiger partial charge in [0, 0.05) is 57.6 Å². The number of nitrogens with zero attached hydrogens (tertiary/aromatic N) is 5. The van der Waals surface area contributed by atoms with Crippen molar-refractivity contribution in [1.29, 1.82) is 0 Å². The lowest BCUT2D eigenvalue weighted by Crippen LogP contribution is -2.43. The van der Waals surface area contributed by atoms with Crippen LogP contribution in [0.4, 0.5) is 0 Å². The molecule has 1 fully saturated rings. The SMILES string of the molecule is Cc1cc(C(C)NC[C@H]2CCC(=O)N(C)[C@@H]2c2cnn(C)c2)nn1C. The van der Waals surface area contributed by atoms with Crippen LogP contribution in [0.5, 0.6) is 0 Å². The van der Waals surface area contributed by atoms with E-state index < -0.39 is 0 Å². The molecule has 1 amide bonds. The average molecular weight is 344 g/mol. The van der Waals surface area contributed by atoms with Crippen LogP contribution in [0.15, 0.2) is 18.5 Å². The lowest BCUT2D eigenvalue weighted by atomic mass is 9.85. The van der Waals surface area contributed by atoms with E-state index in [0.717, 1.165) is 29.9 Å². The van der Waals surface area contributed by atoms with Gasteiger partial charge in [0.25, 0.3) is 0 Å². The Bertz CT molecular complexity index is 729. The third-order valence-electron chi connectivity index (χ3n) is 5.32. The minimum Gasteiger partial charge on any atom is -0.338 e. The molecule has 1 aliphatic rings. The summed E-state index contributed by atoms with van der Waals surface area (Å²) in [5.74, 6) is 0.567. The summed E-state index contributed by atoms with van der Waals surface area (Å²) in [6.07, 6.45) is 5.39. The first-order valence-electron chi connectivity index (χ1n) is 8.85. The Morgan fingerprint density at radius 3 is 2.72 bits per heavy atom. The summed E-state index contributed by atoms with van der Waals surface area (Å²) in [4.78, 5) is 14.1. The molecule has 136 valence electrons. The lowest BCUT2D eigenvalue weighted by Gasteiger charge is -2.39. The van der Waals surface area contributed by atoms with Crippen molar-refractivity contribution in [2.24, 2.45) is 20.0 Å². The molecular formula is C18H28N6O. The monoisotopic (exact) mass is 344 g/mol. The summed E-state index contributed by atoms with van der Waals surface area (Å²) in [5.41, 5.74) is 3.31. The zero-order valence-corrected chi connectivity index (χ0v) is 15.7. The highest BCUT2D eigenvalue weighted by molar-refractivity contribution is 5.77. The van der Waals surface area contributed by atoms with Crippen molar-refractivity contribution in [3.63, 3.8) is 0 Å².